The van der Waals surface area contributed by atoms with Crippen molar-refractivity contribution in [1.29, 1.82) is 0 Å². The average molecular weight is 283 g/mol. The number of nitro groups is 1. The fourth-order valence-electron chi connectivity index (χ4n) is 1.72. The minimum atomic E-state index is -1.39. The van der Waals surface area contributed by atoms with Crippen LogP contribution in [-0.4, -0.2) is 38.2 Å². The second-order valence-electron chi connectivity index (χ2n) is 4.66. The van der Waals surface area contributed by atoms with Gasteiger partial charge in [0.05, 0.1) is 4.92 Å². The van der Waals surface area contributed by atoms with Gasteiger partial charge in [0.1, 0.15) is 17.6 Å². The fraction of sp³-hybridized carbons (Fsp3) is 0.500. The van der Waals surface area contributed by atoms with E-state index >= 15 is 0 Å². The van der Waals surface area contributed by atoms with Crippen molar-refractivity contribution < 1.29 is 19.9 Å². The zero-order chi connectivity index (χ0) is 15.3. The molecular formula is C12H17N3O5. The second-order valence-corrected chi connectivity index (χ2v) is 4.66. The van der Waals surface area contributed by atoms with Crippen molar-refractivity contribution in [3.05, 3.63) is 27.9 Å². The van der Waals surface area contributed by atoms with Crippen molar-refractivity contribution in [1.82, 2.24) is 4.98 Å². The number of aliphatic hydroxyl groups is 1. The number of hydrogen-bond donors (Lipinski definition) is 3. The van der Waals surface area contributed by atoms with Crippen LogP contribution in [0.4, 0.5) is 11.5 Å². The zero-order valence-electron chi connectivity index (χ0n) is 11.3. The van der Waals surface area contributed by atoms with Crippen LogP contribution in [0.3, 0.4) is 0 Å². The van der Waals surface area contributed by atoms with E-state index < -0.39 is 27.7 Å². The lowest BCUT2D eigenvalue weighted by Crippen LogP contribution is -2.35. The summed E-state index contributed by atoms with van der Waals surface area (Å²) >= 11 is 0. The molecule has 3 N–H and O–H groups in total. The molecule has 8 nitrogen and oxygen atoms in total. The third-order valence-corrected chi connectivity index (χ3v) is 3.18. The Morgan fingerprint density at radius 2 is 2.25 bits per heavy atom. The number of carboxylic acids is 1. The summed E-state index contributed by atoms with van der Waals surface area (Å²) in [6.45, 7) is 3.73. The molecule has 1 heterocycles. The molecular weight excluding hydrogens is 266 g/mol. The van der Waals surface area contributed by atoms with E-state index in [1.165, 1.54) is 0 Å². The molecule has 0 aliphatic heterocycles. The van der Waals surface area contributed by atoms with Crippen molar-refractivity contribution in [3.63, 3.8) is 0 Å². The molecule has 0 amide bonds. The SMILES string of the molecule is CCC(C)(CCO)Nc1cc(C(=O)O)c([N+](=O)[O-])cn1. The number of aliphatic hydroxyl groups excluding tert-OH is 1. The van der Waals surface area contributed by atoms with Gasteiger partial charge >= 0.3 is 11.7 Å². The summed E-state index contributed by atoms with van der Waals surface area (Å²) in [5.74, 6) is -1.16. The summed E-state index contributed by atoms with van der Waals surface area (Å²) < 4.78 is 0. The Kier molecular flexibility index (Phi) is 4.98. The Bertz CT molecular complexity index is 520. The second kappa shape index (κ2) is 6.29. The number of aromatic nitrogens is 1. The van der Waals surface area contributed by atoms with E-state index in [-0.39, 0.29) is 12.4 Å². The molecule has 110 valence electrons. The molecule has 8 heteroatoms. The molecule has 0 saturated heterocycles. The van der Waals surface area contributed by atoms with Crippen LogP contribution in [0.1, 0.15) is 37.0 Å². The van der Waals surface area contributed by atoms with Gasteiger partial charge in [0.2, 0.25) is 0 Å². The van der Waals surface area contributed by atoms with Gasteiger partial charge in [-0.15, -0.1) is 0 Å². The summed E-state index contributed by atoms with van der Waals surface area (Å²) in [5.41, 5.74) is -1.44. The van der Waals surface area contributed by atoms with Gasteiger partial charge in [0, 0.05) is 18.2 Å². The number of nitrogens with one attached hydrogen (secondary N) is 1. The van der Waals surface area contributed by atoms with Gasteiger partial charge in [0.25, 0.3) is 0 Å². The van der Waals surface area contributed by atoms with Gasteiger partial charge in [-0.2, -0.15) is 0 Å². The molecule has 1 unspecified atom stereocenters. The molecule has 1 aromatic rings. The van der Waals surface area contributed by atoms with Gasteiger partial charge in [0.15, 0.2) is 0 Å². The van der Waals surface area contributed by atoms with Gasteiger partial charge in [-0.3, -0.25) is 10.1 Å². The number of nitrogens with zero attached hydrogens (tertiary/aromatic N) is 2. The predicted octanol–water partition coefficient (Wildman–Crippen LogP) is 1.65. The Morgan fingerprint density at radius 1 is 1.60 bits per heavy atom. The molecule has 0 bridgehead atoms. The first kappa shape index (κ1) is 15.8. The maximum Gasteiger partial charge on any atom is 0.342 e. The third kappa shape index (κ3) is 3.64. The number of hydrogen-bond acceptors (Lipinski definition) is 6. The molecule has 1 atom stereocenters. The Morgan fingerprint density at radius 3 is 2.70 bits per heavy atom. The van der Waals surface area contributed by atoms with Crippen LogP contribution in [0.25, 0.3) is 0 Å². The van der Waals surface area contributed by atoms with Crippen LogP contribution < -0.4 is 5.32 Å². The number of carbonyl (C=O) groups is 1. The quantitative estimate of drug-likeness (QED) is 0.513. The third-order valence-electron chi connectivity index (χ3n) is 3.18. The average Bonchev–Trinajstić information content (AvgIpc) is 2.38. The van der Waals surface area contributed by atoms with Crippen LogP contribution in [-0.2, 0) is 0 Å². The first-order valence-corrected chi connectivity index (χ1v) is 6.09. The molecule has 1 rings (SSSR count). The van der Waals surface area contributed by atoms with E-state index in [1.54, 1.807) is 0 Å². The molecule has 0 saturated carbocycles. The summed E-state index contributed by atoms with van der Waals surface area (Å²) in [5, 5.41) is 31.8. The number of aromatic carboxylic acids is 1. The first-order valence-electron chi connectivity index (χ1n) is 6.09. The standard InChI is InChI=1S/C12H17N3O5/c1-3-12(2,4-5-16)14-10-6-8(11(17)18)9(7-13-10)15(19)20/h6-7,16H,3-5H2,1-2H3,(H,13,14)(H,17,18). The van der Waals surface area contributed by atoms with Gasteiger partial charge in [-0.1, -0.05) is 6.92 Å². The van der Waals surface area contributed by atoms with E-state index in [1.807, 2.05) is 13.8 Å². The molecule has 0 aliphatic rings. The normalized spacial score (nSPS) is 13.6. The molecule has 1 aromatic heterocycles. The summed E-state index contributed by atoms with van der Waals surface area (Å²) in [7, 11) is 0. The minimum Gasteiger partial charge on any atom is -0.477 e. The van der Waals surface area contributed by atoms with E-state index in [0.717, 1.165) is 12.3 Å². The van der Waals surface area contributed by atoms with Crippen molar-refractivity contribution in [2.24, 2.45) is 0 Å². The van der Waals surface area contributed by atoms with Gasteiger partial charge < -0.3 is 15.5 Å². The summed E-state index contributed by atoms with van der Waals surface area (Å²) in [6.07, 6.45) is 2.04. The lowest BCUT2D eigenvalue weighted by molar-refractivity contribution is -0.385. The van der Waals surface area contributed by atoms with Crippen molar-refractivity contribution in [2.45, 2.75) is 32.2 Å². The van der Waals surface area contributed by atoms with E-state index in [2.05, 4.69) is 10.3 Å². The molecule has 0 aliphatic carbocycles. The summed E-state index contributed by atoms with van der Waals surface area (Å²) in [6, 6.07) is 1.13. The topological polar surface area (TPSA) is 126 Å². The first-order chi connectivity index (χ1) is 9.33. The van der Waals surface area contributed by atoms with Gasteiger partial charge in [-0.05, 0) is 19.8 Å². The highest BCUT2D eigenvalue weighted by Crippen LogP contribution is 2.24. The lowest BCUT2D eigenvalue weighted by atomic mass is 9.95. The summed E-state index contributed by atoms with van der Waals surface area (Å²) in [4.78, 5) is 24.8. The Hall–Kier alpha value is -2.22. The maximum absolute atomic E-state index is 11.0. The predicted molar refractivity (Wildman–Crippen MR) is 71.9 cm³/mol. The zero-order valence-corrected chi connectivity index (χ0v) is 11.3. The van der Waals surface area contributed by atoms with E-state index in [4.69, 9.17) is 10.2 Å². The van der Waals surface area contributed by atoms with Crippen LogP contribution >= 0.6 is 0 Å². The highest BCUT2D eigenvalue weighted by atomic mass is 16.6. The lowest BCUT2D eigenvalue weighted by Gasteiger charge is -2.29. The Labute approximate surface area is 115 Å². The molecule has 20 heavy (non-hydrogen) atoms. The van der Waals surface area contributed by atoms with Crippen LogP contribution in [0.5, 0.6) is 0 Å². The highest BCUT2D eigenvalue weighted by Gasteiger charge is 2.25. The number of anilines is 1. The minimum absolute atomic E-state index is 0.0316. The number of rotatable bonds is 7. The highest BCUT2D eigenvalue weighted by molar-refractivity contribution is 5.93. The van der Waals surface area contributed by atoms with Crippen molar-refractivity contribution in [3.8, 4) is 0 Å². The van der Waals surface area contributed by atoms with Crippen molar-refractivity contribution >= 4 is 17.5 Å². The van der Waals surface area contributed by atoms with E-state index in [9.17, 15) is 14.9 Å². The molecule has 0 fully saturated rings. The number of pyridine rings is 1. The smallest absolute Gasteiger partial charge is 0.342 e. The maximum atomic E-state index is 11.0. The Balaban J connectivity index is 3.12. The fourth-order valence-corrected chi connectivity index (χ4v) is 1.72. The molecule has 0 radical (unpaired) electrons. The molecule has 0 aromatic carbocycles. The monoisotopic (exact) mass is 283 g/mol. The van der Waals surface area contributed by atoms with E-state index in [0.29, 0.717) is 12.8 Å². The number of carboxylic acid groups (broad SMARTS) is 1. The molecule has 0 spiro atoms. The van der Waals surface area contributed by atoms with Crippen LogP contribution in [0, 0.1) is 10.1 Å². The van der Waals surface area contributed by atoms with Crippen LogP contribution in [0.15, 0.2) is 12.3 Å². The van der Waals surface area contributed by atoms with Gasteiger partial charge in [-0.25, -0.2) is 9.78 Å². The van der Waals surface area contributed by atoms with Crippen LogP contribution in [0.2, 0.25) is 0 Å². The largest absolute Gasteiger partial charge is 0.477 e. The van der Waals surface area contributed by atoms with Crippen molar-refractivity contribution in [2.75, 3.05) is 11.9 Å².